The number of aromatic amines is 2. The van der Waals surface area contributed by atoms with Crippen LogP contribution in [0.25, 0.3) is 0 Å². The molecule has 0 aliphatic rings. The maximum Gasteiger partial charge on any atom is 0.325 e. The molecule has 0 spiro atoms. The molecule has 0 saturated carbocycles. The van der Waals surface area contributed by atoms with Gasteiger partial charge in [0.2, 0.25) is 0 Å². The van der Waals surface area contributed by atoms with E-state index in [1.54, 1.807) is 30.3 Å². The number of para-hydroxylation sites is 1. The number of carbonyl (C=O) groups excluding carboxylic acids is 1. The number of hydrogen-bond donors (Lipinski definition) is 5. The number of halogens is 1. The second-order valence-corrected chi connectivity index (χ2v) is 8.24. The standard InChI is InChI=1S/C17H14BrN5O5S/c18-10-5-7-11(8-6-10)21-22-15(24)12-3-1-2-4-13(12)23-29(27,28)14-9-19-17(26)20-16(14)25/h1-9,21,23H,(H,22,24)(H2,19,20,25,26). The molecule has 3 rings (SSSR count). The summed E-state index contributed by atoms with van der Waals surface area (Å²) in [5, 5.41) is 0. The fraction of sp³-hybridized carbons (Fsp3) is 0. The minimum Gasteiger partial charge on any atom is -0.313 e. The van der Waals surface area contributed by atoms with Crippen molar-refractivity contribution in [3.63, 3.8) is 0 Å². The number of hydrazine groups is 1. The molecule has 1 heterocycles. The minimum absolute atomic E-state index is 0.0153. The molecule has 5 N–H and O–H groups in total. The molecule has 29 heavy (non-hydrogen) atoms. The highest BCUT2D eigenvalue weighted by Crippen LogP contribution is 2.19. The molecule has 0 saturated heterocycles. The first-order valence-corrected chi connectivity index (χ1v) is 10.3. The average molecular weight is 480 g/mol. The van der Waals surface area contributed by atoms with Gasteiger partial charge in [-0.3, -0.25) is 30.1 Å². The molecular weight excluding hydrogens is 466 g/mol. The van der Waals surface area contributed by atoms with Crippen LogP contribution in [-0.2, 0) is 10.0 Å². The van der Waals surface area contributed by atoms with Gasteiger partial charge in [0.1, 0.15) is 0 Å². The Morgan fingerprint density at radius 1 is 1.00 bits per heavy atom. The SMILES string of the molecule is O=C(NNc1ccc(Br)cc1)c1ccccc1NS(=O)(=O)c1c[nH]c(=O)[nH]c1=O. The third kappa shape index (κ3) is 4.92. The van der Waals surface area contributed by atoms with Gasteiger partial charge in [-0.1, -0.05) is 28.1 Å². The summed E-state index contributed by atoms with van der Waals surface area (Å²) in [6.07, 6.45) is 0.779. The summed E-state index contributed by atoms with van der Waals surface area (Å²) in [5.74, 6) is -0.610. The molecule has 12 heteroatoms. The molecule has 0 aliphatic heterocycles. The van der Waals surface area contributed by atoms with Crippen LogP contribution in [-0.4, -0.2) is 24.3 Å². The lowest BCUT2D eigenvalue weighted by Gasteiger charge is -2.13. The monoisotopic (exact) mass is 479 g/mol. The van der Waals surface area contributed by atoms with Crippen molar-refractivity contribution in [3.05, 3.63) is 85.6 Å². The molecule has 3 aromatic rings. The number of sulfonamides is 1. The highest BCUT2D eigenvalue weighted by atomic mass is 79.9. The molecule has 0 radical (unpaired) electrons. The Labute approximate surface area is 172 Å². The molecule has 10 nitrogen and oxygen atoms in total. The van der Waals surface area contributed by atoms with Crippen LogP contribution in [0, 0.1) is 0 Å². The Morgan fingerprint density at radius 3 is 2.38 bits per heavy atom. The van der Waals surface area contributed by atoms with Gasteiger partial charge in [0.15, 0.2) is 4.90 Å². The molecule has 0 fully saturated rings. The normalized spacial score (nSPS) is 10.9. The minimum atomic E-state index is -4.36. The largest absolute Gasteiger partial charge is 0.325 e. The lowest BCUT2D eigenvalue weighted by Crippen LogP contribution is -2.32. The van der Waals surface area contributed by atoms with Gasteiger partial charge in [0.05, 0.1) is 16.9 Å². The van der Waals surface area contributed by atoms with Gasteiger partial charge < -0.3 is 4.98 Å². The highest BCUT2D eigenvalue weighted by Gasteiger charge is 2.21. The van der Waals surface area contributed by atoms with Crippen LogP contribution in [0.4, 0.5) is 11.4 Å². The number of nitrogens with one attached hydrogen (secondary N) is 5. The van der Waals surface area contributed by atoms with Crippen molar-refractivity contribution in [2.45, 2.75) is 4.90 Å². The number of hydrogen-bond acceptors (Lipinski definition) is 6. The summed E-state index contributed by atoms with van der Waals surface area (Å²) in [5.41, 5.74) is 3.83. The van der Waals surface area contributed by atoms with Gasteiger partial charge in [-0.15, -0.1) is 0 Å². The predicted octanol–water partition coefficient (Wildman–Crippen LogP) is 1.38. The molecule has 2 aromatic carbocycles. The van der Waals surface area contributed by atoms with Crippen molar-refractivity contribution in [3.8, 4) is 0 Å². The van der Waals surface area contributed by atoms with Crippen LogP contribution in [0.3, 0.4) is 0 Å². The number of aromatic nitrogens is 2. The van der Waals surface area contributed by atoms with Gasteiger partial charge in [0, 0.05) is 10.7 Å². The fourth-order valence-electron chi connectivity index (χ4n) is 2.30. The van der Waals surface area contributed by atoms with Crippen molar-refractivity contribution in [1.29, 1.82) is 0 Å². The van der Waals surface area contributed by atoms with Gasteiger partial charge in [-0.05, 0) is 36.4 Å². The Morgan fingerprint density at radius 2 is 1.69 bits per heavy atom. The van der Waals surface area contributed by atoms with Crippen LogP contribution in [0.2, 0.25) is 0 Å². The fourth-order valence-corrected chi connectivity index (χ4v) is 3.65. The van der Waals surface area contributed by atoms with Gasteiger partial charge in [-0.25, -0.2) is 13.2 Å². The van der Waals surface area contributed by atoms with E-state index in [0.717, 1.165) is 10.7 Å². The second-order valence-electron chi connectivity index (χ2n) is 5.67. The summed E-state index contributed by atoms with van der Waals surface area (Å²) >= 11 is 3.30. The van der Waals surface area contributed by atoms with E-state index in [1.807, 2.05) is 4.98 Å². The van der Waals surface area contributed by atoms with Crippen molar-refractivity contribution in [2.24, 2.45) is 0 Å². The topological polar surface area (TPSA) is 153 Å². The summed E-state index contributed by atoms with van der Waals surface area (Å²) in [7, 11) is -4.36. The van der Waals surface area contributed by atoms with E-state index in [0.29, 0.717) is 5.69 Å². The van der Waals surface area contributed by atoms with Crippen LogP contribution < -0.4 is 26.8 Å². The lowest BCUT2D eigenvalue weighted by molar-refractivity contribution is 0.0963. The third-order valence-corrected chi connectivity index (χ3v) is 5.55. The maximum absolute atomic E-state index is 12.5. The lowest BCUT2D eigenvalue weighted by atomic mass is 10.2. The number of anilines is 2. The zero-order valence-electron chi connectivity index (χ0n) is 14.5. The summed E-state index contributed by atoms with van der Waals surface area (Å²) < 4.78 is 28.1. The third-order valence-electron chi connectivity index (χ3n) is 3.66. The quantitative estimate of drug-likeness (QED) is 0.336. The van der Waals surface area contributed by atoms with E-state index in [1.165, 1.54) is 18.2 Å². The smallest absolute Gasteiger partial charge is 0.313 e. The average Bonchev–Trinajstić information content (AvgIpc) is 2.67. The summed E-state index contributed by atoms with van der Waals surface area (Å²) in [6, 6.07) is 12.9. The van der Waals surface area contributed by atoms with Crippen LogP contribution in [0.1, 0.15) is 10.4 Å². The highest BCUT2D eigenvalue weighted by molar-refractivity contribution is 9.10. The molecular formula is C17H14BrN5O5S. The van der Waals surface area contributed by atoms with Crippen LogP contribution in [0.15, 0.2) is 73.7 Å². The summed E-state index contributed by atoms with van der Waals surface area (Å²) in [6.45, 7) is 0. The van der Waals surface area contributed by atoms with Crippen LogP contribution in [0.5, 0.6) is 0 Å². The van der Waals surface area contributed by atoms with E-state index < -0.39 is 32.1 Å². The van der Waals surface area contributed by atoms with Gasteiger partial charge in [0.25, 0.3) is 21.5 Å². The molecule has 0 aliphatic carbocycles. The molecule has 0 atom stereocenters. The zero-order chi connectivity index (χ0) is 21.0. The van der Waals surface area contributed by atoms with E-state index in [9.17, 15) is 22.8 Å². The molecule has 0 unspecified atom stereocenters. The Balaban J connectivity index is 1.82. The molecule has 1 aromatic heterocycles. The maximum atomic E-state index is 12.5. The Kier molecular flexibility index (Phi) is 5.84. The molecule has 1 amide bonds. The van der Waals surface area contributed by atoms with Crippen LogP contribution >= 0.6 is 15.9 Å². The number of carbonyl (C=O) groups is 1. The van der Waals surface area contributed by atoms with Gasteiger partial charge in [-0.2, -0.15) is 0 Å². The Bertz CT molecular complexity index is 1270. The summed E-state index contributed by atoms with van der Waals surface area (Å²) in [4.78, 5) is 38.6. The predicted molar refractivity (Wildman–Crippen MR) is 110 cm³/mol. The van der Waals surface area contributed by atoms with Crippen molar-refractivity contribution in [1.82, 2.24) is 15.4 Å². The van der Waals surface area contributed by atoms with E-state index in [-0.39, 0.29) is 11.3 Å². The van der Waals surface area contributed by atoms with Crippen molar-refractivity contribution >= 4 is 43.2 Å². The van der Waals surface area contributed by atoms with Crippen molar-refractivity contribution < 1.29 is 13.2 Å². The van der Waals surface area contributed by atoms with E-state index >= 15 is 0 Å². The van der Waals surface area contributed by atoms with E-state index in [2.05, 4.69) is 36.5 Å². The Hall–Kier alpha value is -3.38. The second kappa shape index (κ2) is 8.32. The zero-order valence-corrected chi connectivity index (χ0v) is 16.9. The first-order chi connectivity index (χ1) is 13.8. The molecule has 150 valence electrons. The van der Waals surface area contributed by atoms with Gasteiger partial charge >= 0.3 is 5.69 Å². The number of amides is 1. The van der Waals surface area contributed by atoms with E-state index in [4.69, 9.17) is 0 Å². The first kappa shape index (κ1) is 20.4. The number of H-pyrrole nitrogens is 2. The number of rotatable bonds is 6. The van der Waals surface area contributed by atoms with Crippen molar-refractivity contribution in [2.75, 3.05) is 10.1 Å². The number of benzene rings is 2. The first-order valence-electron chi connectivity index (χ1n) is 8.02. The molecule has 0 bridgehead atoms.